The van der Waals surface area contributed by atoms with Crippen LogP contribution in [0.2, 0.25) is 0 Å². The zero-order valence-electron chi connectivity index (χ0n) is 10.5. The van der Waals surface area contributed by atoms with E-state index in [1.54, 1.807) is 12.3 Å². The van der Waals surface area contributed by atoms with Crippen LogP contribution in [0.25, 0.3) is 0 Å². The Morgan fingerprint density at radius 3 is 2.95 bits per heavy atom. The lowest BCUT2D eigenvalue weighted by Gasteiger charge is -2.09. The van der Waals surface area contributed by atoms with Gasteiger partial charge in [0.1, 0.15) is 5.82 Å². The molecule has 2 heterocycles. The first-order chi connectivity index (χ1) is 9.10. The van der Waals surface area contributed by atoms with E-state index in [1.165, 1.54) is 11.3 Å². The van der Waals surface area contributed by atoms with Crippen LogP contribution in [-0.2, 0) is 0 Å². The number of halogens is 1. The van der Waals surface area contributed by atoms with Gasteiger partial charge in [0.05, 0.1) is 11.3 Å². The van der Waals surface area contributed by atoms with Gasteiger partial charge in [0.15, 0.2) is 5.13 Å². The van der Waals surface area contributed by atoms with Gasteiger partial charge in [-0.25, -0.2) is 9.97 Å². The lowest BCUT2D eigenvalue weighted by molar-refractivity contribution is 0.102. The molecule has 100 valence electrons. The van der Waals surface area contributed by atoms with E-state index < -0.39 is 0 Å². The Bertz CT molecular complexity index is 599. The third-order valence-electron chi connectivity index (χ3n) is 2.28. The first-order valence-electron chi connectivity index (χ1n) is 5.73. The van der Waals surface area contributed by atoms with Crippen LogP contribution in [0.5, 0.6) is 0 Å². The van der Waals surface area contributed by atoms with Gasteiger partial charge >= 0.3 is 0 Å². The van der Waals surface area contributed by atoms with Gasteiger partial charge in [0, 0.05) is 22.6 Å². The summed E-state index contributed by atoms with van der Waals surface area (Å²) in [5.41, 5.74) is 1.38. The molecule has 2 aromatic rings. The Labute approximate surface area is 123 Å². The summed E-state index contributed by atoms with van der Waals surface area (Å²) < 4.78 is 0.759. The normalized spacial score (nSPS) is 10.3. The Morgan fingerprint density at radius 2 is 2.32 bits per heavy atom. The molecule has 0 aliphatic heterocycles. The number of nitrogens with zero attached hydrogens (tertiary/aromatic N) is 2. The van der Waals surface area contributed by atoms with Crippen LogP contribution < -0.4 is 10.6 Å². The van der Waals surface area contributed by atoms with E-state index in [-0.39, 0.29) is 5.91 Å². The second-order valence-corrected chi connectivity index (χ2v) is 5.60. The predicted molar refractivity (Wildman–Crippen MR) is 80.9 cm³/mol. The van der Waals surface area contributed by atoms with E-state index in [0.29, 0.717) is 23.1 Å². The fraction of sp³-hybridized carbons (Fsp3) is 0.250. The first-order valence-corrected chi connectivity index (χ1v) is 7.40. The average molecular weight is 341 g/mol. The number of aryl methyl sites for hydroxylation is 1. The Balaban J connectivity index is 2.24. The van der Waals surface area contributed by atoms with Gasteiger partial charge in [0.25, 0.3) is 5.91 Å². The summed E-state index contributed by atoms with van der Waals surface area (Å²) in [6.45, 7) is 4.54. The number of aromatic nitrogens is 2. The number of hydrogen-bond acceptors (Lipinski definition) is 5. The zero-order chi connectivity index (χ0) is 13.8. The van der Waals surface area contributed by atoms with Gasteiger partial charge in [0.2, 0.25) is 0 Å². The number of rotatable bonds is 4. The van der Waals surface area contributed by atoms with E-state index >= 15 is 0 Å². The van der Waals surface area contributed by atoms with Crippen molar-refractivity contribution in [1.82, 2.24) is 9.97 Å². The largest absolute Gasteiger partial charge is 0.370 e. The number of pyridine rings is 1. The van der Waals surface area contributed by atoms with Crippen molar-refractivity contribution in [3.8, 4) is 0 Å². The van der Waals surface area contributed by atoms with E-state index in [0.717, 1.165) is 10.2 Å². The minimum absolute atomic E-state index is 0.223. The molecule has 0 spiro atoms. The number of carbonyl (C=O) groups excluding carboxylic acids is 1. The molecule has 0 saturated heterocycles. The monoisotopic (exact) mass is 340 g/mol. The Hall–Kier alpha value is -1.47. The Morgan fingerprint density at radius 1 is 1.53 bits per heavy atom. The molecule has 0 unspecified atom stereocenters. The van der Waals surface area contributed by atoms with Crippen molar-refractivity contribution in [1.29, 1.82) is 0 Å². The van der Waals surface area contributed by atoms with Crippen molar-refractivity contribution < 1.29 is 4.79 Å². The minimum atomic E-state index is -0.223. The van der Waals surface area contributed by atoms with Crippen molar-refractivity contribution in [2.75, 3.05) is 17.2 Å². The number of carbonyl (C=O) groups is 1. The molecule has 19 heavy (non-hydrogen) atoms. The topological polar surface area (TPSA) is 66.9 Å². The summed E-state index contributed by atoms with van der Waals surface area (Å²) >= 11 is 4.72. The SMILES string of the molecule is CCNc1ncc(Br)cc1C(=O)Nc1nc(C)cs1. The van der Waals surface area contributed by atoms with Gasteiger partial charge in [-0.1, -0.05) is 0 Å². The van der Waals surface area contributed by atoms with Gasteiger partial charge in [-0.05, 0) is 35.8 Å². The molecule has 5 nitrogen and oxygen atoms in total. The molecule has 0 saturated carbocycles. The number of hydrogen-bond donors (Lipinski definition) is 2. The molecule has 0 aliphatic rings. The molecule has 1 amide bonds. The van der Waals surface area contributed by atoms with Crippen LogP contribution in [0.4, 0.5) is 10.9 Å². The molecule has 0 bridgehead atoms. The highest BCUT2D eigenvalue weighted by atomic mass is 79.9. The summed E-state index contributed by atoms with van der Waals surface area (Å²) in [6, 6.07) is 1.74. The number of anilines is 2. The van der Waals surface area contributed by atoms with Crippen LogP contribution in [0.3, 0.4) is 0 Å². The summed E-state index contributed by atoms with van der Waals surface area (Å²) in [5, 5.41) is 8.31. The standard InChI is InChI=1S/C12H13BrN4OS/c1-3-14-10-9(4-8(13)5-15-10)11(18)17-12-16-7(2)6-19-12/h4-6H,3H2,1-2H3,(H,14,15)(H,16,17,18). The molecule has 2 aromatic heterocycles. The maximum Gasteiger partial charge on any atom is 0.261 e. The lowest BCUT2D eigenvalue weighted by Crippen LogP contribution is -2.15. The van der Waals surface area contributed by atoms with Crippen LogP contribution in [-0.4, -0.2) is 22.4 Å². The lowest BCUT2D eigenvalue weighted by atomic mass is 10.2. The summed E-state index contributed by atoms with van der Waals surface area (Å²) in [5.74, 6) is 0.343. The van der Waals surface area contributed by atoms with Crippen molar-refractivity contribution in [2.45, 2.75) is 13.8 Å². The van der Waals surface area contributed by atoms with Crippen LogP contribution >= 0.6 is 27.3 Å². The van der Waals surface area contributed by atoms with Gasteiger partial charge in [-0.2, -0.15) is 0 Å². The highest BCUT2D eigenvalue weighted by Crippen LogP contribution is 2.21. The third kappa shape index (κ3) is 3.51. The van der Waals surface area contributed by atoms with Gasteiger partial charge < -0.3 is 5.32 Å². The van der Waals surface area contributed by atoms with Crippen LogP contribution in [0, 0.1) is 6.92 Å². The molecule has 0 fully saturated rings. The Kier molecular flexibility index (Phi) is 4.49. The van der Waals surface area contributed by atoms with E-state index in [1.807, 2.05) is 19.2 Å². The second-order valence-electron chi connectivity index (χ2n) is 3.83. The van der Waals surface area contributed by atoms with Crippen LogP contribution in [0.1, 0.15) is 23.0 Å². The molecular formula is C12H13BrN4OS. The fourth-order valence-electron chi connectivity index (χ4n) is 1.50. The molecule has 0 radical (unpaired) electrons. The molecule has 0 aromatic carbocycles. The quantitative estimate of drug-likeness (QED) is 0.896. The van der Waals surface area contributed by atoms with E-state index in [2.05, 4.69) is 36.5 Å². The highest BCUT2D eigenvalue weighted by Gasteiger charge is 2.14. The van der Waals surface area contributed by atoms with Gasteiger partial charge in [-0.15, -0.1) is 11.3 Å². The maximum absolute atomic E-state index is 12.2. The number of nitrogens with one attached hydrogen (secondary N) is 2. The highest BCUT2D eigenvalue weighted by molar-refractivity contribution is 9.10. The summed E-state index contributed by atoms with van der Waals surface area (Å²) in [4.78, 5) is 20.6. The number of thiazole rings is 1. The molecular weight excluding hydrogens is 328 g/mol. The van der Waals surface area contributed by atoms with E-state index in [4.69, 9.17) is 0 Å². The van der Waals surface area contributed by atoms with Crippen molar-refractivity contribution >= 4 is 44.1 Å². The summed E-state index contributed by atoms with van der Waals surface area (Å²) in [7, 11) is 0. The first kappa shape index (κ1) is 14.0. The minimum Gasteiger partial charge on any atom is -0.370 e. The van der Waals surface area contributed by atoms with Crippen molar-refractivity contribution in [2.24, 2.45) is 0 Å². The second kappa shape index (κ2) is 6.12. The van der Waals surface area contributed by atoms with Gasteiger partial charge in [-0.3, -0.25) is 10.1 Å². The van der Waals surface area contributed by atoms with E-state index in [9.17, 15) is 4.79 Å². The molecule has 0 aliphatic carbocycles. The van der Waals surface area contributed by atoms with Crippen molar-refractivity contribution in [3.05, 3.63) is 33.4 Å². The maximum atomic E-state index is 12.2. The molecule has 2 rings (SSSR count). The van der Waals surface area contributed by atoms with Crippen LogP contribution in [0.15, 0.2) is 22.1 Å². The predicted octanol–water partition coefficient (Wildman–Crippen LogP) is 3.29. The van der Waals surface area contributed by atoms with Crippen molar-refractivity contribution in [3.63, 3.8) is 0 Å². The average Bonchev–Trinajstić information content (AvgIpc) is 2.77. The summed E-state index contributed by atoms with van der Waals surface area (Å²) in [6.07, 6.45) is 1.66. The molecule has 0 atom stereocenters. The number of amides is 1. The third-order valence-corrected chi connectivity index (χ3v) is 3.59. The zero-order valence-corrected chi connectivity index (χ0v) is 12.9. The fourth-order valence-corrected chi connectivity index (χ4v) is 2.51. The molecule has 7 heteroatoms. The smallest absolute Gasteiger partial charge is 0.261 e. The molecule has 2 N–H and O–H groups in total.